The number of hydrogen-bond donors (Lipinski definition) is 1. The van der Waals surface area contributed by atoms with Gasteiger partial charge in [0.2, 0.25) is 0 Å². The first-order valence-electron chi connectivity index (χ1n) is 6.48. The molecule has 0 aliphatic rings. The van der Waals surface area contributed by atoms with E-state index in [2.05, 4.69) is 34.7 Å². The van der Waals surface area contributed by atoms with Crippen molar-refractivity contribution in [1.82, 2.24) is 5.32 Å². The smallest absolute Gasteiger partial charge is 0.123 e. The van der Waals surface area contributed by atoms with Crippen LogP contribution >= 0.6 is 15.9 Å². The Balaban J connectivity index is 2.78. The Morgan fingerprint density at radius 2 is 2.28 bits per heavy atom. The molecule has 1 nitrogen and oxygen atoms in total. The maximum atomic E-state index is 13.4. The summed E-state index contributed by atoms with van der Waals surface area (Å²) in [6, 6.07) is 5.08. The molecule has 1 aromatic carbocycles. The highest BCUT2D eigenvalue weighted by atomic mass is 79.9. The van der Waals surface area contributed by atoms with Crippen LogP contribution in [-0.4, -0.2) is 6.54 Å². The summed E-state index contributed by atoms with van der Waals surface area (Å²) in [5.74, 6) is -0.180. The van der Waals surface area contributed by atoms with Crippen LogP contribution in [0.1, 0.15) is 44.2 Å². The normalized spacial score (nSPS) is 12.4. The molecule has 0 saturated carbocycles. The van der Waals surface area contributed by atoms with Gasteiger partial charge >= 0.3 is 0 Å². The van der Waals surface area contributed by atoms with Gasteiger partial charge in [-0.2, -0.15) is 0 Å². The quantitative estimate of drug-likeness (QED) is 0.527. The summed E-state index contributed by atoms with van der Waals surface area (Å²) in [4.78, 5) is 0. The lowest BCUT2D eigenvalue weighted by Gasteiger charge is -2.20. The zero-order valence-corrected chi connectivity index (χ0v) is 12.5. The van der Waals surface area contributed by atoms with Crippen molar-refractivity contribution in [3.8, 4) is 0 Å². The van der Waals surface area contributed by atoms with Crippen LogP contribution in [0, 0.1) is 5.82 Å². The molecule has 1 rings (SSSR count). The molecule has 18 heavy (non-hydrogen) atoms. The summed E-state index contributed by atoms with van der Waals surface area (Å²) in [6.07, 6.45) is 6.06. The Bertz CT molecular complexity index is 379. The van der Waals surface area contributed by atoms with Crippen molar-refractivity contribution in [2.75, 3.05) is 6.54 Å². The molecule has 0 spiro atoms. The highest BCUT2D eigenvalue weighted by molar-refractivity contribution is 9.10. The number of hydrogen-bond acceptors (Lipinski definition) is 1. The molecule has 1 aromatic rings. The molecule has 0 aromatic heterocycles. The minimum Gasteiger partial charge on any atom is -0.310 e. The van der Waals surface area contributed by atoms with Crippen molar-refractivity contribution in [1.29, 1.82) is 0 Å². The van der Waals surface area contributed by atoms with E-state index >= 15 is 0 Å². The Hall–Kier alpha value is -0.670. The Kier molecular flexibility index (Phi) is 7.21. The average molecular weight is 314 g/mol. The van der Waals surface area contributed by atoms with E-state index in [4.69, 9.17) is 0 Å². The average Bonchev–Trinajstić information content (AvgIpc) is 2.37. The predicted octanol–water partition coefficient (Wildman–Crippen LogP) is 4.99. The van der Waals surface area contributed by atoms with E-state index in [9.17, 15) is 4.39 Å². The molecule has 0 saturated heterocycles. The van der Waals surface area contributed by atoms with Gasteiger partial charge in [0.25, 0.3) is 0 Å². The third-order valence-corrected chi connectivity index (χ3v) is 3.60. The fourth-order valence-corrected chi connectivity index (χ4v) is 2.46. The van der Waals surface area contributed by atoms with Crippen molar-refractivity contribution < 1.29 is 4.39 Å². The fourth-order valence-electron chi connectivity index (χ4n) is 1.93. The van der Waals surface area contributed by atoms with Gasteiger partial charge in [-0.05, 0) is 56.0 Å². The highest BCUT2D eigenvalue weighted by Gasteiger charge is 2.14. The van der Waals surface area contributed by atoms with Gasteiger partial charge in [-0.15, -0.1) is 6.58 Å². The van der Waals surface area contributed by atoms with Crippen LogP contribution in [0.2, 0.25) is 0 Å². The summed E-state index contributed by atoms with van der Waals surface area (Å²) in [5, 5.41) is 3.48. The Morgan fingerprint density at radius 1 is 1.50 bits per heavy atom. The van der Waals surface area contributed by atoms with Gasteiger partial charge in [-0.1, -0.05) is 28.9 Å². The minimum atomic E-state index is -0.180. The maximum Gasteiger partial charge on any atom is 0.123 e. The number of benzene rings is 1. The maximum absolute atomic E-state index is 13.4. The molecular weight excluding hydrogens is 293 g/mol. The van der Waals surface area contributed by atoms with Gasteiger partial charge < -0.3 is 5.32 Å². The van der Waals surface area contributed by atoms with E-state index < -0.39 is 0 Å². The highest BCUT2D eigenvalue weighted by Crippen LogP contribution is 2.28. The molecule has 1 unspecified atom stereocenters. The molecule has 1 atom stereocenters. The molecular formula is C15H21BrFN. The van der Waals surface area contributed by atoms with Crippen LogP contribution < -0.4 is 5.32 Å². The molecule has 1 N–H and O–H groups in total. The van der Waals surface area contributed by atoms with Gasteiger partial charge in [0.1, 0.15) is 5.82 Å². The first-order chi connectivity index (χ1) is 8.69. The monoisotopic (exact) mass is 313 g/mol. The van der Waals surface area contributed by atoms with Crippen LogP contribution in [0.15, 0.2) is 35.3 Å². The van der Waals surface area contributed by atoms with Crippen molar-refractivity contribution in [2.45, 2.75) is 38.6 Å². The lowest BCUT2D eigenvalue weighted by Crippen LogP contribution is -2.22. The lowest BCUT2D eigenvalue weighted by atomic mass is 10.0. The van der Waals surface area contributed by atoms with Gasteiger partial charge in [0.05, 0.1) is 0 Å². The van der Waals surface area contributed by atoms with Crippen LogP contribution in [0.4, 0.5) is 4.39 Å². The number of allylic oxidation sites excluding steroid dienone is 1. The molecule has 3 heteroatoms. The van der Waals surface area contributed by atoms with Crippen LogP contribution in [0.3, 0.4) is 0 Å². The van der Waals surface area contributed by atoms with E-state index in [1.807, 2.05) is 6.08 Å². The lowest BCUT2D eigenvalue weighted by molar-refractivity contribution is 0.481. The zero-order valence-electron chi connectivity index (χ0n) is 10.9. The van der Waals surface area contributed by atoms with Crippen molar-refractivity contribution in [3.05, 3.63) is 46.7 Å². The molecule has 0 heterocycles. The van der Waals surface area contributed by atoms with Gasteiger partial charge in [-0.25, -0.2) is 4.39 Å². The standard InChI is InChI=1S/C15H21BrFN/c1-3-5-6-7-15(18-10-4-2)13-11-12(17)8-9-14(13)16/h3,8-9,11,15,18H,1,4-7,10H2,2H3. The first kappa shape index (κ1) is 15.4. The van der Waals surface area contributed by atoms with E-state index in [0.29, 0.717) is 0 Å². The predicted molar refractivity (Wildman–Crippen MR) is 79.2 cm³/mol. The van der Waals surface area contributed by atoms with Crippen molar-refractivity contribution in [2.24, 2.45) is 0 Å². The fraction of sp³-hybridized carbons (Fsp3) is 0.467. The Morgan fingerprint density at radius 3 is 2.94 bits per heavy atom. The van der Waals surface area contributed by atoms with Gasteiger partial charge in [0.15, 0.2) is 0 Å². The largest absolute Gasteiger partial charge is 0.310 e. The summed E-state index contributed by atoms with van der Waals surface area (Å²) in [5.41, 5.74) is 1.01. The van der Waals surface area contributed by atoms with E-state index in [-0.39, 0.29) is 11.9 Å². The Labute approximate surface area is 118 Å². The molecule has 0 aliphatic heterocycles. The van der Waals surface area contributed by atoms with E-state index in [1.54, 1.807) is 12.1 Å². The van der Waals surface area contributed by atoms with Crippen molar-refractivity contribution in [3.63, 3.8) is 0 Å². The second-order valence-electron chi connectivity index (χ2n) is 4.39. The second-order valence-corrected chi connectivity index (χ2v) is 5.25. The van der Waals surface area contributed by atoms with Gasteiger partial charge in [-0.3, -0.25) is 0 Å². The SMILES string of the molecule is C=CCCCC(NCCC)c1cc(F)ccc1Br. The summed E-state index contributed by atoms with van der Waals surface area (Å²) in [7, 11) is 0. The number of nitrogens with one attached hydrogen (secondary N) is 1. The van der Waals surface area contributed by atoms with Crippen LogP contribution in [-0.2, 0) is 0 Å². The van der Waals surface area contributed by atoms with E-state index in [0.717, 1.165) is 42.3 Å². The molecule has 100 valence electrons. The zero-order chi connectivity index (χ0) is 13.4. The topological polar surface area (TPSA) is 12.0 Å². The van der Waals surface area contributed by atoms with Crippen LogP contribution in [0.5, 0.6) is 0 Å². The molecule has 0 bridgehead atoms. The molecule has 0 fully saturated rings. The third-order valence-electron chi connectivity index (χ3n) is 2.88. The summed E-state index contributed by atoms with van der Waals surface area (Å²) < 4.78 is 14.3. The third kappa shape index (κ3) is 4.91. The van der Waals surface area contributed by atoms with Crippen molar-refractivity contribution >= 4 is 15.9 Å². The number of halogens is 2. The van der Waals surface area contributed by atoms with Crippen LogP contribution in [0.25, 0.3) is 0 Å². The molecule has 0 aliphatic carbocycles. The van der Waals surface area contributed by atoms with E-state index in [1.165, 1.54) is 6.07 Å². The molecule has 0 radical (unpaired) electrons. The molecule has 0 amide bonds. The minimum absolute atomic E-state index is 0.180. The summed E-state index contributed by atoms with van der Waals surface area (Å²) >= 11 is 3.51. The summed E-state index contributed by atoms with van der Waals surface area (Å²) in [6.45, 7) is 6.81. The van der Waals surface area contributed by atoms with Gasteiger partial charge in [0, 0.05) is 10.5 Å². The number of unbranched alkanes of at least 4 members (excludes halogenated alkanes) is 1. The first-order valence-corrected chi connectivity index (χ1v) is 7.27. The second kappa shape index (κ2) is 8.44. The number of rotatable bonds is 8.